The molecule has 52 heavy (non-hydrogen) atoms. The molecule has 1 fully saturated rings. The molecule has 1 saturated heterocycles. The van der Waals surface area contributed by atoms with E-state index in [1.165, 1.54) is 133 Å². The van der Waals surface area contributed by atoms with Gasteiger partial charge in [0.1, 0.15) is 18.3 Å². The molecule has 5 heteroatoms. The van der Waals surface area contributed by atoms with Gasteiger partial charge in [-0.15, -0.1) is 8.58 Å². The number of rotatable bonds is 31. The van der Waals surface area contributed by atoms with Crippen LogP contribution in [0.4, 0.5) is 0 Å². The molecule has 0 aliphatic carbocycles. The number of ether oxygens (including phenoxy) is 4. The molecule has 0 N–H and O–H groups in total. The quantitative estimate of drug-likeness (QED) is 0.0488. The molecule has 1 heterocycles. The van der Waals surface area contributed by atoms with Crippen LogP contribution in [0.3, 0.4) is 0 Å². The lowest BCUT2D eigenvalue weighted by atomic mass is 10.0. The SMILES string of the molecule is CCCCCCCCCCCCCCCCCCCCPC[C@@H]1O[C@H](COCc2ccccc2)[C@@H](OCc2ccccc2)[C@@H]1OCc1ccccc1. The molecule has 4 rings (SSSR count). The first-order valence-corrected chi connectivity index (χ1v) is 22.5. The Bertz CT molecular complexity index is 1230. The van der Waals surface area contributed by atoms with Gasteiger partial charge in [-0.1, -0.05) is 207 Å². The Morgan fingerprint density at radius 3 is 1.29 bits per heavy atom. The maximum atomic E-state index is 6.77. The third-order valence-electron chi connectivity index (χ3n) is 10.4. The van der Waals surface area contributed by atoms with Crippen LogP contribution in [0.5, 0.6) is 0 Å². The highest BCUT2D eigenvalue weighted by Crippen LogP contribution is 2.33. The van der Waals surface area contributed by atoms with Crippen molar-refractivity contribution in [1.29, 1.82) is 0 Å². The van der Waals surface area contributed by atoms with E-state index >= 15 is 0 Å². The van der Waals surface area contributed by atoms with Crippen LogP contribution in [0.25, 0.3) is 0 Å². The van der Waals surface area contributed by atoms with Gasteiger partial charge in [0.25, 0.3) is 0 Å². The van der Waals surface area contributed by atoms with Crippen molar-refractivity contribution in [3.8, 4) is 0 Å². The van der Waals surface area contributed by atoms with Gasteiger partial charge in [-0.3, -0.25) is 0 Å². The Morgan fingerprint density at radius 2 is 0.846 bits per heavy atom. The maximum absolute atomic E-state index is 6.77. The van der Waals surface area contributed by atoms with E-state index in [0.29, 0.717) is 26.4 Å². The zero-order chi connectivity index (χ0) is 36.2. The number of hydrogen-bond acceptors (Lipinski definition) is 4. The molecule has 1 aliphatic rings. The van der Waals surface area contributed by atoms with Gasteiger partial charge < -0.3 is 18.9 Å². The summed E-state index contributed by atoms with van der Waals surface area (Å²) in [7, 11) is 0.867. The van der Waals surface area contributed by atoms with Crippen LogP contribution in [-0.2, 0) is 38.8 Å². The Kier molecular flexibility index (Phi) is 23.3. The summed E-state index contributed by atoms with van der Waals surface area (Å²) >= 11 is 0. The molecular formula is C47H71O4P. The second-order valence-corrected chi connectivity index (χ2v) is 16.4. The fourth-order valence-electron chi connectivity index (χ4n) is 7.30. The summed E-state index contributed by atoms with van der Waals surface area (Å²) in [5.74, 6) is 0. The van der Waals surface area contributed by atoms with Crippen LogP contribution < -0.4 is 0 Å². The second kappa shape index (κ2) is 28.4. The summed E-state index contributed by atoms with van der Waals surface area (Å²) in [6.45, 7) is 4.43. The van der Waals surface area contributed by atoms with Gasteiger partial charge >= 0.3 is 0 Å². The van der Waals surface area contributed by atoms with Gasteiger partial charge in [0, 0.05) is 0 Å². The Labute approximate surface area is 319 Å². The van der Waals surface area contributed by atoms with Crippen molar-refractivity contribution in [1.82, 2.24) is 0 Å². The molecule has 0 aromatic heterocycles. The van der Waals surface area contributed by atoms with E-state index in [1.807, 2.05) is 12.1 Å². The lowest BCUT2D eigenvalue weighted by molar-refractivity contribution is -0.0897. The summed E-state index contributed by atoms with van der Waals surface area (Å²) in [4.78, 5) is 0. The molecule has 1 unspecified atom stereocenters. The molecular weight excluding hydrogens is 659 g/mol. The molecule has 0 amide bonds. The van der Waals surface area contributed by atoms with Crippen molar-refractivity contribution in [2.45, 2.75) is 167 Å². The first-order chi connectivity index (χ1) is 25.8. The average molecular weight is 731 g/mol. The molecule has 3 aromatic rings. The van der Waals surface area contributed by atoms with Gasteiger partial charge in [0.15, 0.2) is 0 Å². The van der Waals surface area contributed by atoms with Gasteiger partial charge in [-0.2, -0.15) is 0 Å². The van der Waals surface area contributed by atoms with Crippen molar-refractivity contribution in [2.75, 3.05) is 18.9 Å². The third kappa shape index (κ3) is 18.3. The summed E-state index contributed by atoms with van der Waals surface area (Å²) in [5, 5.41) is 0. The van der Waals surface area contributed by atoms with E-state index in [4.69, 9.17) is 18.9 Å². The monoisotopic (exact) mass is 731 g/mol. The largest absolute Gasteiger partial charge is 0.374 e. The van der Waals surface area contributed by atoms with Crippen LogP contribution in [0.15, 0.2) is 91.0 Å². The smallest absolute Gasteiger partial charge is 0.115 e. The normalized spacial score (nSPS) is 18.9. The minimum atomic E-state index is -0.195. The Balaban J connectivity index is 1.13. The molecule has 0 spiro atoms. The first-order valence-electron chi connectivity index (χ1n) is 21.1. The molecule has 0 radical (unpaired) electrons. The highest BCUT2D eigenvalue weighted by Gasteiger charge is 2.46. The molecule has 3 aromatic carbocycles. The van der Waals surface area contributed by atoms with Gasteiger partial charge in [0.2, 0.25) is 0 Å². The van der Waals surface area contributed by atoms with E-state index in [9.17, 15) is 0 Å². The fourth-order valence-corrected chi connectivity index (χ4v) is 8.62. The molecule has 288 valence electrons. The molecule has 5 atom stereocenters. The van der Waals surface area contributed by atoms with Crippen molar-refractivity contribution in [2.24, 2.45) is 0 Å². The zero-order valence-corrected chi connectivity index (χ0v) is 33.6. The highest BCUT2D eigenvalue weighted by atomic mass is 31.1. The lowest BCUT2D eigenvalue weighted by Crippen LogP contribution is -2.39. The van der Waals surface area contributed by atoms with E-state index in [0.717, 1.165) is 20.3 Å². The Hall–Kier alpha value is -2.07. The topological polar surface area (TPSA) is 36.9 Å². The van der Waals surface area contributed by atoms with Crippen molar-refractivity contribution < 1.29 is 18.9 Å². The van der Waals surface area contributed by atoms with Gasteiger partial charge in [-0.25, -0.2) is 0 Å². The first kappa shape index (κ1) is 42.7. The zero-order valence-electron chi connectivity index (χ0n) is 32.6. The summed E-state index contributed by atoms with van der Waals surface area (Å²) in [6.07, 6.45) is 27.3. The van der Waals surface area contributed by atoms with Crippen LogP contribution >= 0.6 is 8.58 Å². The number of benzene rings is 3. The van der Waals surface area contributed by atoms with Crippen molar-refractivity contribution in [3.63, 3.8) is 0 Å². The van der Waals surface area contributed by atoms with Crippen molar-refractivity contribution >= 4 is 8.58 Å². The number of hydrogen-bond donors (Lipinski definition) is 0. The summed E-state index contributed by atoms with van der Waals surface area (Å²) < 4.78 is 26.4. The van der Waals surface area contributed by atoms with Crippen LogP contribution in [0.1, 0.15) is 139 Å². The Morgan fingerprint density at radius 1 is 0.462 bits per heavy atom. The predicted octanol–water partition coefficient (Wildman–Crippen LogP) is 12.9. The van der Waals surface area contributed by atoms with E-state index in [2.05, 4.69) is 85.8 Å². The average Bonchev–Trinajstić information content (AvgIpc) is 3.52. The fraction of sp³-hybridized carbons (Fsp3) is 0.617. The van der Waals surface area contributed by atoms with Crippen LogP contribution in [0.2, 0.25) is 0 Å². The van der Waals surface area contributed by atoms with Crippen LogP contribution in [-0.4, -0.2) is 43.3 Å². The summed E-state index contributed by atoms with van der Waals surface area (Å²) in [6, 6.07) is 31.3. The van der Waals surface area contributed by atoms with Crippen molar-refractivity contribution in [3.05, 3.63) is 108 Å². The summed E-state index contributed by atoms with van der Waals surface area (Å²) in [5.41, 5.74) is 3.50. The lowest BCUT2D eigenvalue weighted by Gasteiger charge is -2.25. The third-order valence-corrected chi connectivity index (χ3v) is 11.8. The van der Waals surface area contributed by atoms with Gasteiger partial charge in [-0.05, 0) is 35.4 Å². The molecule has 0 bridgehead atoms. The minimum Gasteiger partial charge on any atom is -0.374 e. The van der Waals surface area contributed by atoms with E-state index in [1.54, 1.807) is 0 Å². The highest BCUT2D eigenvalue weighted by molar-refractivity contribution is 7.38. The maximum Gasteiger partial charge on any atom is 0.115 e. The predicted molar refractivity (Wildman–Crippen MR) is 222 cm³/mol. The molecule has 1 aliphatic heterocycles. The molecule has 4 nitrogen and oxygen atoms in total. The second-order valence-electron chi connectivity index (χ2n) is 15.0. The molecule has 0 saturated carbocycles. The minimum absolute atomic E-state index is 0.00342. The van der Waals surface area contributed by atoms with E-state index in [-0.39, 0.29) is 24.4 Å². The number of unbranched alkanes of at least 4 members (excludes halogenated alkanes) is 17. The van der Waals surface area contributed by atoms with E-state index < -0.39 is 0 Å². The van der Waals surface area contributed by atoms with Crippen LogP contribution in [0, 0.1) is 0 Å². The standard InChI is InChI=1S/C47H71O4P/c1-2-3-4-5-6-7-8-9-10-11-12-13-14-15-16-17-18-28-35-52-40-45-47(50-38-43-33-26-21-27-34-43)46(49-37-42-31-24-20-25-32-42)44(51-45)39-48-36-41-29-22-19-23-30-41/h19-27,29-34,44-47,52H,2-18,28,35-40H2,1H3/t44-,45+,46-,47-/m1/s1. The van der Waals surface area contributed by atoms with Gasteiger partial charge in [0.05, 0.1) is 32.5 Å².